The minimum atomic E-state index is -0.280. The van der Waals surface area contributed by atoms with Crippen molar-refractivity contribution in [3.8, 4) is 0 Å². The molecule has 0 aromatic rings. The summed E-state index contributed by atoms with van der Waals surface area (Å²) in [5, 5.41) is -0.0888. The van der Waals surface area contributed by atoms with E-state index in [1.165, 1.54) is 119 Å². The number of rotatable bonds is 90. The first-order valence-electron chi connectivity index (χ1n) is 51.7. The van der Waals surface area contributed by atoms with Crippen LogP contribution in [0, 0.1) is 11.8 Å². The molecule has 0 aliphatic heterocycles. The summed E-state index contributed by atoms with van der Waals surface area (Å²) < 4.78 is 34.8. The molecular weight excluding hydrogens is 1670 g/mol. The number of esters is 6. The Bertz CT molecular complexity index is 2790. The predicted molar refractivity (Wildman–Crippen MR) is 539 cm³/mol. The lowest BCUT2D eigenvalue weighted by molar-refractivity contribution is -0.151. The van der Waals surface area contributed by atoms with Crippen molar-refractivity contribution in [2.24, 2.45) is 11.8 Å². The molecule has 128 heavy (non-hydrogen) atoms. The van der Waals surface area contributed by atoms with Crippen molar-refractivity contribution in [3.05, 3.63) is 36.5 Å². The highest BCUT2D eigenvalue weighted by Gasteiger charge is 2.24. The van der Waals surface area contributed by atoms with E-state index in [1.807, 2.05) is 65.4 Å². The van der Waals surface area contributed by atoms with Gasteiger partial charge < -0.3 is 57.8 Å². The SMILES string of the molecule is CCCCCC/C=C\COC(=O)CCCN(CCCC(=O)OC(CCCCCC)CCCCCCCC(C)CCCC/C=C\COC(=O)CCCN(CCCC(=O)OC(CCCCCC)CCCCCCC(C)CCCC/C=C\COC(=O)CCCN(CCCC(=O)OC(CCCCC)CCCCC)C(=O)SCCN(C)C)C(=O)SCCN(C)C)C(=O)SCCN(C)C. The molecule has 0 aliphatic carbocycles. The van der Waals surface area contributed by atoms with Crippen LogP contribution in [0.4, 0.5) is 14.4 Å². The molecule has 0 saturated heterocycles. The van der Waals surface area contributed by atoms with E-state index in [0.717, 1.165) is 219 Å². The third-order valence-corrected chi connectivity index (χ3v) is 26.1. The lowest BCUT2D eigenvalue weighted by Crippen LogP contribution is -2.31. The number of unbranched alkanes of at least 4 members (excludes halogenated alkanes) is 25. The standard InChI is InChI=1S/C104H192N6O15S3/c1-14-19-24-27-28-38-51-85-120-96(111)70-54-76-109(103(118)127-89-83-106(10)11)80-58-74-100(115)124-94(66-47-25-20-15-2)68-49-35-29-32-43-60-91(6)61-44-33-30-39-52-86-121-98(113)72-56-78-110(104(119)128-90-84-107(12)13)81-59-75-101(116)125-95(67-48-26-21-16-3)69-50-37-36-46-63-92(7)62-45-34-31-40-53-87-122-97(112)71-55-77-108(102(117)126-88-82-105(8)9)79-57-73-99(114)123-93(64-41-22-17-4)65-42-23-18-5/h38-40,51-53,91-95H,14-37,41-50,54-90H2,1-13H3/b51-38-,52-39-,53-40-. The first kappa shape index (κ1) is 123. The van der Waals surface area contributed by atoms with Crippen LogP contribution in [0.3, 0.4) is 0 Å². The van der Waals surface area contributed by atoms with Gasteiger partial charge in [0.05, 0.1) is 0 Å². The van der Waals surface area contributed by atoms with Gasteiger partial charge in [0.15, 0.2) is 0 Å². The topological polar surface area (TPSA) is 228 Å². The van der Waals surface area contributed by atoms with Crippen LogP contribution in [-0.4, -0.2) is 238 Å². The molecule has 0 fully saturated rings. The van der Waals surface area contributed by atoms with Gasteiger partial charge in [-0.3, -0.25) is 43.2 Å². The predicted octanol–water partition coefficient (Wildman–Crippen LogP) is 26.4. The summed E-state index contributed by atoms with van der Waals surface area (Å²) in [6.45, 7) is 21.4. The fraction of sp³-hybridized carbons (Fsp3) is 0.856. The minimum Gasteiger partial charge on any atom is -0.462 e. The zero-order chi connectivity index (χ0) is 94.4. The average molecular weight is 1860 g/mol. The highest BCUT2D eigenvalue weighted by Crippen LogP contribution is 2.26. The minimum absolute atomic E-state index is 0.0237. The summed E-state index contributed by atoms with van der Waals surface area (Å²) in [6.07, 6.45) is 64.6. The molecule has 746 valence electrons. The van der Waals surface area contributed by atoms with Gasteiger partial charge in [-0.1, -0.05) is 287 Å². The Morgan fingerprint density at radius 3 is 0.703 bits per heavy atom. The number of amides is 3. The van der Waals surface area contributed by atoms with Crippen LogP contribution in [0.2, 0.25) is 0 Å². The van der Waals surface area contributed by atoms with Gasteiger partial charge in [0.25, 0.3) is 15.7 Å². The second-order valence-corrected chi connectivity index (χ2v) is 39.9. The normalized spacial score (nSPS) is 12.7. The number of ether oxygens (including phenoxy) is 6. The summed E-state index contributed by atoms with van der Waals surface area (Å²) in [6, 6.07) is 0. The van der Waals surface area contributed by atoms with Crippen LogP contribution in [0.15, 0.2) is 36.5 Å². The Kier molecular flexibility index (Phi) is 86.9. The van der Waals surface area contributed by atoms with Gasteiger partial charge in [0.1, 0.15) is 38.1 Å². The van der Waals surface area contributed by atoms with Gasteiger partial charge in [0.2, 0.25) is 0 Å². The van der Waals surface area contributed by atoms with E-state index in [2.05, 4.69) is 76.5 Å². The zero-order valence-electron chi connectivity index (χ0n) is 84.1. The van der Waals surface area contributed by atoms with Crippen LogP contribution in [0.5, 0.6) is 0 Å². The van der Waals surface area contributed by atoms with E-state index in [9.17, 15) is 43.2 Å². The lowest BCUT2D eigenvalue weighted by atomic mass is 9.96. The molecule has 0 aliphatic rings. The van der Waals surface area contributed by atoms with Crippen LogP contribution in [0.1, 0.15) is 408 Å². The van der Waals surface area contributed by atoms with Crippen molar-refractivity contribution < 1.29 is 71.6 Å². The Hall–Kier alpha value is -4.62. The molecule has 4 atom stereocenters. The van der Waals surface area contributed by atoms with Crippen molar-refractivity contribution in [2.45, 2.75) is 426 Å². The number of hydrogen-bond acceptors (Lipinski definition) is 21. The number of carbonyl (C=O) groups excluding carboxylic acids is 9. The Morgan fingerprint density at radius 2 is 0.445 bits per heavy atom. The van der Waals surface area contributed by atoms with Crippen molar-refractivity contribution in [3.63, 3.8) is 0 Å². The van der Waals surface area contributed by atoms with E-state index in [1.54, 1.807) is 14.7 Å². The molecule has 4 unspecified atom stereocenters. The molecule has 0 heterocycles. The average Bonchev–Trinajstić information content (AvgIpc) is 1.19. The molecule has 0 aromatic heterocycles. The molecule has 0 spiro atoms. The van der Waals surface area contributed by atoms with Gasteiger partial charge in [-0.15, -0.1) is 0 Å². The molecular formula is C104H192N6O15S3. The third kappa shape index (κ3) is 82.1. The molecule has 0 aromatic carbocycles. The summed E-state index contributed by atoms with van der Waals surface area (Å²) >= 11 is 3.85. The Labute approximate surface area is 795 Å². The van der Waals surface area contributed by atoms with Gasteiger partial charge in [-0.05, 0) is 208 Å². The number of carbonyl (C=O) groups is 9. The molecule has 0 N–H and O–H groups in total. The monoisotopic (exact) mass is 1860 g/mol. The van der Waals surface area contributed by atoms with Gasteiger partial charge >= 0.3 is 35.8 Å². The summed E-state index contributed by atoms with van der Waals surface area (Å²) in [4.78, 5) is 129. The molecule has 24 heteroatoms. The summed E-state index contributed by atoms with van der Waals surface area (Å²) in [5.41, 5.74) is 0. The van der Waals surface area contributed by atoms with Crippen molar-refractivity contribution in [2.75, 3.05) is 138 Å². The lowest BCUT2D eigenvalue weighted by Gasteiger charge is -2.23. The maximum atomic E-state index is 13.5. The molecule has 0 radical (unpaired) electrons. The van der Waals surface area contributed by atoms with E-state index in [4.69, 9.17) is 28.4 Å². The highest BCUT2D eigenvalue weighted by molar-refractivity contribution is 8.14. The largest absolute Gasteiger partial charge is 0.462 e. The molecule has 3 amide bonds. The van der Waals surface area contributed by atoms with Crippen LogP contribution < -0.4 is 0 Å². The quantitative estimate of drug-likeness (QED) is 0.0238. The molecule has 0 saturated carbocycles. The number of thioether (sulfide) groups is 3. The Balaban J connectivity index is 4.82. The smallest absolute Gasteiger partial charge is 0.306 e. The second-order valence-electron chi connectivity index (χ2n) is 36.8. The van der Waals surface area contributed by atoms with Gasteiger partial charge in [0, 0.05) is 115 Å². The molecule has 0 bridgehead atoms. The zero-order valence-corrected chi connectivity index (χ0v) is 86.5. The van der Waals surface area contributed by atoms with Crippen molar-refractivity contribution >= 4 is 86.8 Å². The van der Waals surface area contributed by atoms with Crippen LogP contribution >= 0.6 is 35.3 Å². The number of hydrogen-bond donors (Lipinski definition) is 0. The van der Waals surface area contributed by atoms with Crippen LogP contribution in [-0.2, 0) is 57.2 Å². The van der Waals surface area contributed by atoms with E-state index < -0.39 is 0 Å². The Morgan fingerprint density at radius 1 is 0.242 bits per heavy atom. The van der Waals surface area contributed by atoms with Gasteiger partial charge in [-0.25, -0.2) is 0 Å². The second kappa shape index (κ2) is 90.2. The van der Waals surface area contributed by atoms with Crippen LogP contribution in [0.25, 0.3) is 0 Å². The van der Waals surface area contributed by atoms with Gasteiger partial charge in [-0.2, -0.15) is 0 Å². The molecule has 21 nitrogen and oxygen atoms in total. The molecule has 0 rings (SSSR count). The number of allylic oxidation sites excluding steroid dienone is 3. The fourth-order valence-corrected chi connectivity index (χ4v) is 18.2. The number of nitrogens with zero attached hydrogens (tertiary/aromatic N) is 6. The maximum absolute atomic E-state index is 13.5. The maximum Gasteiger partial charge on any atom is 0.306 e. The van der Waals surface area contributed by atoms with Crippen molar-refractivity contribution in [1.82, 2.24) is 29.4 Å². The van der Waals surface area contributed by atoms with E-state index >= 15 is 0 Å². The van der Waals surface area contributed by atoms with E-state index in [0.29, 0.717) is 107 Å². The first-order chi connectivity index (χ1) is 62.0. The summed E-state index contributed by atoms with van der Waals surface area (Å²) in [7, 11) is 11.9. The first-order valence-corrected chi connectivity index (χ1v) is 54.6. The summed E-state index contributed by atoms with van der Waals surface area (Å²) in [5.74, 6) is 1.92. The van der Waals surface area contributed by atoms with E-state index in [-0.39, 0.29) is 128 Å². The third-order valence-electron chi connectivity index (χ3n) is 23.4. The van der Waals surface area contributed by atoms with Crippen molar-refractivity contribution in [1.29, 1.82) is 0 Å². The highest BCUT2D eigenvalue weighted by atomic mass is 32.2. The fourth-order valence-electron chi connectivity index (χ4n) is 15.3.